The highest BCUT2D eigenvalue weighted by Crippen LogP contribution is 2.20. The molecule has 116 valence electrons. The van der Waals surface area contributed by atoms with Gasteiger partial charge < -0.3 is 15.4 Å². The van der Waals surface area contributed by atoms with Gasteiger partial charge in [-0.25, -0.2) is 0 Å². The summed E-state index contributed by atoms with van der Waals surface area (Å²) in [6, 6.07) is 6.27. The van der Waals surface area contributed by atoms with Crippen molar-refractivity contribution in [3.63, 3.8) is 0 Å². The zero-order chi connectivity index (χ0) is 15.4. The monoisotopic (exact) mass is 299 g/mol. The van der Waals surface area contributed by atoms with E-state index in [2.05, 4.69) is 57.9 Å². The average molecular weight is 299 g/mol. The van der Waals surface area contributed by atoms with Gasteiger partial charge in [-0.3, -0.25) is 0 Å². The van der Waals surface area contributed by atoms with Crippen LogP contribution >= 0.6 is 0 Å². The smallest absolute Gasteiger partial charge is 0.244 e. The van der Waals surface area contributed by atoms with Gasteiger partial charge in [0.25, 0.3) is 0 Å². The summed E-state index contributed by atoms with van der Waals surface area (Å²) in [6.45, 7) is 5.69. The van der Waals surface area contributed by atoms with E-state index in [-0.39, 0.29) is 6.10 Å². The Labute approximate surface area is 130 Å². The Morgan fingerprint density at radius 3 is 3.05 bits per heavy atom. The average Bonchev–Trinajstić information content (AvgIpc) is 3.03. The maximum absolute atomic E-state index is 5.58. The second-order valence-electron chi connectivity index (χ2n) is 5.62. The zero-order valence-electron chi connectivity index (χ0n) is 13.0. The number of nitrogens with zero attached hydrogens (tertiary/aromatic N) is 3. The van der Waals surface area contributed by atoms with Crippen molar-refractivity contribution in [3.05, 3.63) is 35.5 Å². The van der Waals surface area contributed by atoms with Crippen LogP contribution in [0.4, 0.5) is 17.5 Å². The van der Waals surface area contributed by atoms with E-state index >= 15 is 0 Å². The number of ether oxygens (including phenoxy) is 1. The van der Waals surface area contributed by atoms with Crippen molar-refractivity contribution in [1.82, 2.24) is 15.2 Å². The van der Waals surface area contributed by atoms with Crippen LogP contribution in [0.5, 0.6) is 0 Å². The number of aromatic nitrogens is 3. The number of benzene rings is 1. The number of anilines is 3. The Bertz CT molecular complexity index is 640. The van der Waals surface area contributed by atoms with Crippen molar-refractivity contribution in [1.29, 1.82) is 0 Å². The summed E-state index contributed by atoms with van der Waals surface area (Å²) in [5.74, 6) is 1.20. The van der Waals surface area contributed by atoms with Gasteiger partial charge in [0.05, 0.1) is 12.3 Å². The maximum atomic E-state index is 5.58. The Kier molecular flexibility index (Phi) is 4.48. The lowest BCUT2D eigenvalue weighted by Gasteiger charge is -2.12. The molecule has 0 saturated carbocycles. The Morgan fingerprint density at radius 1 is 1.32 bits per heavy atom. The van der Waals surface area contributed by atoms with E-state index in [1.807, 2.05) is 0 Å². The van der Waals surface area contributed by atoms with Crippen LogP contribution in [-0.2, 0) is 4.74 Å². The van der Waals surface area contributed by atoms with Gasteiger partial charge in [0.2, 0.25) is 5.95 Å². The van der Waals surface area contributed by atoms with E-state index in [0.29, 0.717) is 18.3 Å². The molecule has 3 rings (SSSR count). The third-order valence-corrected chi connectivity index (χ3v) is 3.73. The van der Waals surface area contributed by atoms with E-state index < -0.39 is 0 Å². The number of hydrogen-bond donors (Lipinski definition) is 2. The van der Waals surface area contributed by atoms with Gasteiger partial charge >= 0.3 is 0 Å². The Morgan fingerprint density at radius 2 is 2.23 bits per heavy atom. The van der Waals surface area contributed by atoms with E-state index in [1.54, 1.807) is 6.20 Å². The van der Waals surface area contributed by atoms with E-state index in [9.17, 15) is 0 Å². The second-order valence-corrected chi connectivity index (χ2v) is 5.62. The van der Waals surface area contributed by atoms with Crippen LogP contribution < -0.4 is 10.6 Å². The fourth-order valence-corrected chi connectivity index (χ4v) is 2.46. The highest BCUT2D eigenvalue weighted by atomic mass is 16.5. The van der Waals surface area contributed by atoms with Crippen LogP contribution in [0.3, 0.4) is 0 Å². The quantitative estimate of drug-likeness (QED) is 0.884. The summed E-state index contributed by atoms with van der Waals surface area (Å²) >= 11 is 0. The summed E-state index contributed by atoms with van der Waals surface area (Å²) in [5, 5.41) is 14.5. The van der Waals surface area contributed by atoms with E-state index in [1.165, 1.54) is 5.56 Å². The third-order valence-electron chi connectivity index (χ3n) is 3.73. The Balaban J connectivity index is 1.66. The lowest BCUT2D eigenvalue weighted by Crippen LogP contribution is -2.20. The zero-order valence-corrected chi connectivity index (χ0v) is 13.0. The van der Waals surface area contributed by atoms with Gasteiger partial charge in [0, 0.05) is 18.8 Å². The van der Waals surface area contributed by atoms with Gasteiger partial charge in [0.15, 0.2) is 5.82 Å². The van der Waals surface area contributed by atoms with Crippen molar-refractivity contribution in [3.8, 4) is 0 Å². The number of nitrogens with one attached hydrogen (secondary N) is 2. The van der Waals surface area contributed by atoms with Crippen molar-refractivity contribution in [2.75, 3.05) is 23.8 Å². The largest absolute Gasteiger partial charge is 0.376 e. The molecule has 6 heteroatoms. The maximum Gasteiger partial charge on any atom is 0.244 e. The van der Waals surface area contributed by atoms with Crippen molar-refractivity contribution in [2.45, 2.75) is 32.8 Å². The van der Waals surface area contributed by atoms with Crippen molar-refractivity contribution in [2.24, 2.45) is 0 Å². The third kappa shape index (κ3) is 3.71. The highest BCUT2D eigenvalue weighted by molar-refractivity contribution is 5.61. The molecule has 2 heterocycles. The van der Waals surface area contributed by atoms with Crippen LogP contribution in [0.25, 0.3) is 0 Å². The number of aryl methyl sites for hydroxylation is 2. The molecule has 0 amide bonds. The lowest BCUT2D eigenvalue weighted by molar-refractivity contribution is 0.120. The fraction of sp³-hybridized carbons (Fsp3) is 0.438. The van der Waals surface area contributed by atoms with Gasteiger partial charge in [-0.15, -0.1) is 5.10 Å². The fourth-order valence-electron chi connectivity index (χ4n) is 2.46. The summed E-state index contributed by atoms with van der Waals surface area (Å²) < 4.78 is 5.58. The standard InChI is InChI=1S/C16H21N5O/c1-11-5-6-12(2)14(8-11)19-15-10-18-21-16(20-15)17-9-13-4-3-7-22-13/h5-6,8,10,13H,3-4,7,9H2,1-2H3,(H2,17,19,20,21). The van der Waals surface area contributed by atoms with Crippen LogP contribution in [0, 0.1) is 13.8 Å². The van der Waals surface area contributed by atoms with E-state index in [4.69, 9.17) is 4.74 Å². The van der Waals surface area contributed by atoms with Gasteiger partial charge in [-0.1, -0.05) is 12.1 Å². The minimum atomic E-state index is 0.249. The molecule has 2 aromatic rings. The van der Waals surface area contributed by atoms with Crippen molar-refractivity contribution >= 4 is 17.5 Å². The predicted molar refractivity (Wildman–Crippen MR) is 86.5 cm³/mol. The topological polar surface area (TPSA) is 72.0 Å². The van der Waals surface area contributed by atoms with Crippen LogP contribution in [0.2, 0.25) is 0 Å². The highest BCUT2D eigenvalue weighted by Gasteiger charge is 2.15. The number of hydrogen-bond acceptors (Lipinski definition) is 6. The predicted octanol–water partition coefficient (Wildman–Crippen LogP) is 2.82. The summed E-state index contributed by atoms with van der Waals surface area (Å²) in [6.07, 6.45) is 4.08. The summed E-state index contributed by atoms with van der Waals surface area (Å²) in [4.78, 5) is 4.45. The first kappa shape index (κ1) is 14.7. The second kappa shape index (κ2) is 6.70. The molecule has 1 saturated heterocycles. The summed E-state index contributed by atoms with van der Waals surface area (Å²) in [7, 11) is 0. The first-order valence-corrected chi connectivity index (χ1v) is 7.60. The van der Waals surface area contributed by atoms with Gasteiger partial charge in [-0.2, -0.15) is 10.1 Å². The molecule has 1 unspecified atom stereocenters. The molecule has 1 atom stereocenters. The first-order valence-electron chi connectivity index (χ1n) is 7.60. The minimum absolute atomic E-state index is 0.249. The molecule has 0 spiro atoms. The molecule has 2 N–H and O–H groups in total. The van der Waals surface area contributed by atoms with Crippen LogP contribution in [0.15, 0.2) is 24.4 Å². The molecular weight excluding hydrogens is 278 g/mol. The molecule has 1 aliphatic rings. The molecule has 0 bridgehead atoms. The summed E-state index contributed by atoms with van der Waals surface area (Å²) in [5.41, 5.74) is 3.40. The molecular formula is C16H21N5O. The molecule has 1 aromatic carbocycles. The molecule has 0 aliphatic carbocycles. The van der Waals surface area contributed by atoms with Gasteiger partial charge in [-0.05, 0) is 43.9 Å². The molecule has 6 nitrogen and oxygen atoms in total. The SMILES string of the molecule is Cc1ccc(C)c(Nc2cnnc(NCC3CCCO3)n2)c1. The normalized spacial score (nSPS) is 17.5. The molecule has 1 fully saturated rings. The Hall–Kier alpha value is -2.21. The van der Waals surface area contributed by atoms with E-state index in [0.717, 1.165) is 30.7 Å². The lowest BCUT2D eigenvalue weighted by atomic mass is 10.1. The number of rotatable bonds is 5. The van der Waals surface area contributed by atoms with Crippen LogP contribution in [0.1, 0.15) is 24.0 Å². The molecule has 1 aromatic heterocycles. The molecule has 0 radical (unpaired) electrons. The molecule has 1 aliphatic heterocycles. The van der Waals surface area contributed by atoms with Crippen LogP contribution in [-0.4, -0.2) is 34.4 Å². The van der Waals surface area contributed by atoms with Gasteiger partial charge in [0.1, 0.15) is 0 Å². The minimum Gasteiger partial charge on any atom is -0.376 e. The van der Waals surface area contributed by atoms with Crippen molar-refractivity contribution < 1.29 is 4.74 Å². The first-order chi connectivity index (χ1) is 10.7. The molecule has 22 heavy (non-hydrogen) atoms.